The zero-order valence-corrected chi connectivity index (χ0v) is 13.0. The summed E-state index contributed by atoms with van der Waals surface area (Å²) in [7, 11) is 3.13. The molecule has 5 nitrogen and oxygen atoms in total. The van der Waals surface area contributed by atoms with Crippen LogP contribution in [0.3, 0.4) is 0 Å². The summed E-state index contributed by atoms with van der Waals surface area (Å²) >= 11 is 0. The Kier molecular flexibility index (Phi) is 4.39. The minimum absolute atomic E-state index is 0.393. The monoisotopic (exact) mass is 295 g/mol. The number of hydrogen-bond acceptors (Lipinski definition) is 5. The second-order valence-electron chi connectivity index (χ2n) is 4.97. The first-order valence-corrected chi connectivity index (χ1v) is 6.78. The highest BCUT2D eigenvalue weighted by Crippen LogP contribution is 2.40. The van der Waals surface area contributed by atoms with E-state index < -0.39 is 5.92 Å². The summed E-state index contributed by atoms with van der Waals surface area (Å²) in [4.78, 5) is 0. The van der Waals surface area contributed by atoms with Crippen molar-refractivity contribution in [1.29, 1.82) is 10.5 Å². The number of benzene rings is 1. The third kappa shape index (κ3) is 2.49. The van der Waals surface area contributed by atoms with Crippen LogP contribution in [0.4, 0.5) is 0 Å². The Balaban J connectivity index is 2.64. The minimum Gasteiger partial charge on any atom is -0.493 e. The maximum absolute atomic E-state index is 9.48. The Bertz CT molecular complexity index is 712. The standard InChI is InChI=1S/C17H17N3O2/c1-10-13(8-18)17(14(9-19)11(2)20-10)12-5-6-15(21-3)16(7-12)22-4/h5-7,17,20H,1-4H3. The van der Waals surface area contributed by atoms with E-state index in [1.54, 1.807) is 20.3 Å². The molecule has 1 aliphatic heterocycles. The maximum atomic E-state index is 9.48. The predicted octanol–water partition coefficient (Wildman–Crippen LogP) is 2.99. The normalized spacial score (nSPS) is 15.0. The molecular weight excluding hydrogens is 278 g/mol. The molecule has 0 fully saturated rings. The van der Waals surface area contributed by atoms with Crippen LogP contribution in [-0.2, 0) is 0 Å². The van der Waals surface area contributed by atoms with Crippen molar-refractivity contribution in [2.24, 2.45) is 0 Å². The molecule has 0 spiro atoms. The number of methoxy groups -OCH3 is 2. The molecule has 0 bridgehead atoms. The molecule has 0 amide bonds. The number of ether oxygens (including phenoxy) is 2. The third-order valence-electron chi connectivity index (χ3n) is 3.74. The maximum Gasteiger partial charge on any atom is 0.161 e. The molecule has 2 rings (SSSR count). The van der Waals surface area contributed by atoms with Crippen LogP contribution < -0.4 is 14.8 Å². The minimum atomic E-state index is -0.393. The molecule has 0 saturated heterocycles. The molecule has 0 saturated carbocycles. The Hall–Kier alpha value is -2.92. The second kappa shape index (κ2) is 6.24. The first-order valence-electron chi connectivity index (χ1n) is 6.78. The van der Waals surface area contributed by atoms with Gasteiger partial charge >= 0.3 is 0 Å². The van der Waals surface area contributed by atoms with Gasteiger partial charge in [-0.15, -0.1) is 0 Å². The molecule has 0 radical (unpaired) electrons. The van der Waals surface area contributed by atoms with Crippen LogP contribution in [0.5, 0.6) is 11.5 Å². The van der Waals surface area contributed by atoms with Gasteiger partial charge in [-0.25, -0.2) is 0 Å². The second-order valence-corrected chi connectivity index (χ2v) is 4.97. The fourth-order valence-electron chi connectivity index (χ4n) is 2.66. The van der Waals surface area contributed by atoms with Crippen LogP contribution >= 0.6 is 0 Å². The lowest BCUT2D eigenvalue weighted by Gasteiger charge is -2.26. The van der Waals surface area contributed by atoms with Crippen molar-refractivity contribution in [2.75, 3.05) is 14.2 Å². The van der Waals surface area contributed by atoms with Gasteiger partial charge in [-0.3, -0.25) is 0 Å². The summed E-state index contributed by atoms with van der Waals surface area (Å²) in [5.74, 6) is 0.790. The van der Waals surface area contributed by atoms with Crippen LogP contribution in [0.2, 0.25) is 0 Å². The van der Waals surface area contributed by atoms with Crippen molar-refractivity contribution < 1.29 is 9.47 Å². The molecule has 22 heavy (non-hydrogen) atoms. The van der Waals surface area contributed by atoms with E-state index in [1.807, 2.05) is 26.0 Å². The molecule has 112 valence electrons. The van der Waals surface area contributed by atoms with Gasteiger partial charge in [-0.1, -0.05) is 6.07 Å². The Morgan fingerprint density at radius 3 is 1.95 bits per heavy atom. The molecule has 0 unspecified atom stereocenters. The lowest BCUT2D eigenvalue weighted by molar-refractivity contribution is 0.354. The van der Waals surface area contributed by atoms with Gasteiger partial charge in [0.2, 0.25) is 0 Å². The summed E-state index contributed by atoms with van der Waals surface area (Å²) in [5, 5.41) is 22.1. The molecule has 1 heterocycles. The Morgan fingerprint density at radius 1 is 0.955 bits per heavy atom. The molecule has 5 heteroatoms. The van der Waals surface area contributed by atoms with Crippen molar-refractivity contribution in [2.45, 2.75) is 19.8 Å². The summed E-state index contributed by atoms with van der Waals surface area (Å²) in [6, 6.07) is 9.87. The average Bonchev–Trinajstić information content (AvgIpc) is 2.53. The smallest absolute Gasteiger partial charge is 0.161 e. The number of allylic oxidation sites excluding steroid dienone is 4. The Morgan fingerprint density at radius 2 is 1.50 bits per heavy atom. The molecule has 1 aromatic carbocycles. The van der Waals surface area contributed by atoms with Crippen LogP contribution in [0, 0.1) is 22.7 Å². The topological polar surface area (TPSA) is 78.1 Å². The van der Waals surface area contributed by atoms with Crippen LogP contribution in [0.25, 0.3) is 0 Å². The van der Waals surface area contributed by atoms with Gasteiger partial charge in [0.25, 0.3) is 0 Å². The van der Waals surface area contributed by atoms with Crippen molar-refractivity contribution in [1.82, 2.24) is 5.32 Å². The third-order valence-corrected chi connectivity index (χ3v) is 3.74. The van der Waals surface area contributed by atoms with E-state index in [9.17, 15) is 10.5 Å². The van der Waals surface area contributed by atoms with Crippen LogP contribution in [0.1, 0.15) is 25.3 Å². The van der Waals surface area contributed by atoms with E-state index in [0.29, 0.717) is 22.6 Å². The number of nitriles is 2. The summed E-state index contributed by atoms with van der Waals surface area (Å²) < 4.78 is 10.6. The van der Waals surface area contributed by atoms with Gasteiger partial charge in [0.1, 0.15) is 0 Å². The van der Waals surface area contributed by atoms with Crippen molar-refractivity contribution in [3.8, 4) is 23.6 Å². The van der Waals surface area contributed by atoms with Crippen LogP contribution in [0.15, 0.2) is 40.7 Å². The zero-order chi connectivity index (χ0) is 16.3. The number of nitrogens with zero attached hydrogens (tertiary/aromatic N) is 2. The van der Waals surface area contributed by atoms with Crippen molar-refractivity contribution >= 4 is 0 Å². The first-order chi connectivity index (χ1) is 10.6. The average molecular weight is 295 g/mol. The van der Waals surface area contributed by atoms with Crippen molar-refractivity contribution in [3.05, 3.63) is 46.3 Å². The van der Waals surface area contributed by atoms with Gasteiger partial charge in [0.15, 0.2) is 11.5 Å². The fraction of sp³-hybridized carbons (Fsp3) is 0.294. The van der Waals surface area contributed by atoms with E-state index in [4.69, 9.17) is 9.47 Å². The number of hydrogen-bond donors (Lipinski definition) is 1. The molecule has 0 aliphatic carbocycles. The largest absolute Gasteiger partial charge is 0.493 e. The molecule has 1 N–H and O–H groups in total. The first kappa shape index (κ1) is 15.5. The molecule has 0 atom stereocenters. The highest BCUT2D eigenvalue weighted by Gasteiger charge is 2.29. The summed E-state index contributed by atoms with van der Waals surface area (Å²) in [6.07, 6.45) is 0. The molecule has 0 aromatic heterocycles. The van der Waals surface area contributed by atoms with Gasteiger partial charge < -0.3 is 14.8 Å². The van der Waals surface area contributed by atoms with E-state index in [0.717, 1.165) is 17.0 Å². The SMILES string of the molecule is COc1ccc(C2C(C#N)=C(C)NC(C)=C2C#N)cc1OC. The Labute approximate surface area is 130 Å². The molecule has 1 aliphatic rings. The van der Waals surface area contributed by atoms with Crippen LogP contribution in [-0.4, -0.2) is 14.2 Å². The highest BCUT2D eigenvalue weighted by molar-refractivity contribution is 5.57. The van der Waals surface area contributed by atoms with E-state index in [2.05, 4.69) is 17.5 Å². The number of dihydropyridines is 1. The lowest BCUT2D eigenvalue weighted by atomic mass is 9.81. The van der Waals surface area contributed by atoms with Crippen molar-refractivity contribution in [3.63, 3.8) is 0 Å². The fourth-order valence-corrected chi connectivity index (χ4v) is 2.66. The lowest BCUT2D eigenvalue weighted by Crippen LogP contribution is -2.23. The predicted molar refractivity (Wildman–Crippen MR) is 82.0 cm³/mol. The number of nitrogens with one attached hydrogen (secondary N) is 1. The molecule has 1 aromatic rings. The van der Waals surface area contributed by atoms with Gasteiger partial charge in [-0.05, 0) is 31.5 Å². The summed E-state index contributed by atoms with van der Waals surface area (Å²) in [5.41, 5.74) is 3.42. The van der Waals surface area contributed by atoms with E-state index in [1.165, 1.54) is 0 Å². The van der Waals surface area contributed by atoms with E-state index in [-0.39, 0.29) is 0 Å². The highest BCUT2D eigenvalue weighted by atomic mass is 16.5. The van der Waals surface area contributed by atoms with Gasteiger partial charge in [-0.2, -0.15) is 10.5 Å². The summed E-state index contributed by atoms with van der Waals surface area (Å²) in [6.45, 7) is 3.67. The zero-order valence-electron chi connectivity index (χ0n) is 13.0. The molecular formula is C17H17N3O2. The van der Waals surface area contributed by atoms with Gasteiger partial charge in [0, 0.05) is 11.4 Å². The quantitative estimate of drug-likeness (QED) is 0.927. The van der Waals surface area contributed by atoms with E-state index >= 15 is 0 Å². The number of rotatable bonds is 3. The van der Waals surface area contributed by atoms with Gasteiger partial charge in [0.05, 0.1) is 43.4 Å².